The maximum atomic E-state index is 5.05. The second kappa shape index (κ2) is 6.23. The molecule has 3 heterocycles. The van der Waals surface area contributed by atoms with E-state index in [1.54, 1.807) is 0 Å². The number of fused-ring (bicyclic) bond motifs is 1. The number of hydrogen-bond acceptors (Lipinski definition) is 4. The summed E-state index contributed by atoms with van der Waals surface area (Å²) in [5.41, 5.74) is 3.96. The van der Waals surface area contributed by atoms with Crippen LogP contribution >= 0.6 is 11.3 Å². The Hall–Kier alpha value is -1.26. The summed E-state index contributed by atoms with van der Waals surface area (Å²) in [7, 11) is 2.22. The third kappa shape index (κ3) is 3.02. The first-order valence-corrected chi connectivity index (χ1v) is 9.98. The van der Waals surface area contributed by atoms with Gasteiger partial charge in [0.15, 0.2) is 0 Å². The molecule has 128 valence electrons. The Labute approximate surface area is 148 Å². The van der Waals surface area contributed by atoms with Crippen LogP contribution in [0.25, 0.3) is 10.2 Å². The summed E-state index contributed by atoms with van der Waals surface area (Å²) in [5.74, 6) is 0.729. The highest BCUT2D eigenvalue weighted by atomic mass is 32.1. The van der Waals surface area contributed by atoms with Crippen molar-refractivity contribution in [2.75, 3.05) is 26.7 Å². The van der Waals surface area contributed by atoms with E-state index in [1.807, 2.05) is 11.3 Å². The molecule has 0 unspecified atom stereocenters. The SMILES string of the molecule is C[C@H]1CCC(c2ccc3sc(C4(C)CCN(C)CC4)nc3c2)=NC1. The van der Waals surface area contributed by atoms with E-state index in [4.69, 9.17) is 9.98 Å². The molecule has 1 aromatic carbocycles. The van der Waals surface area contributed by atoms with Gasteiger partial charge in [-0.2, -0.15) is 0 Å². The van der Waals surface area contributed by atoms with Crippen molar-refractivity contribution in [2.24, 2.45) is 10.9 Å². The maximum absolute atomic E-state index is 5.05. The Kier molecular flexibility index (Phi) is 4.21. The first-order valence-electron chi connectivity index (χ1n) is 9.17. The second-order valence-electron chi connectivity index (χ2n) is 8.00. The van der Waals surface area contributed by atoms with Crippen molar-refractivity contribution in [3.63, 3.8) is 0 Å². The Morgan fingerprint density at radius 3 is 2.75 bits per heavy atom. The van der Waals surface area contributed by atoms with Crippen LogP contribution in [0, 0.1) is 5.92 Å². The van der Waals surface area contributed by atoms with E-state index in [0.717, 1.165) is 24.4 Å². The molecule has 0 N–H and O–H groups in total. The van der Waals surface area contributed by atoms with Crippen LogP contribution in [0.3, 0.4) is 0 Å². The average molecular weight is 342 g/mol. The zero-order chi connectivity index (χ0) is 16.7. The molecule has 1 atom stereocenters. The number of thiazole rings is 1. The van der Waals surface area contributed by atoms with Crippen molar-refractivity contribution in [2.45, 2.75) is 44.9 Å². The van der Waals surface area contributed by atoms with E-state index in [-0.39, 0.29) is 5.41 Å². The molecule has 1 saturated heterocycles. The Balaban J connectivity index is 1.64. The lowest BCUT2D eigenvalue weighted by Gasteiger charge is -2.36. The van der Waals surface area contributed by atoms with Gasteiger partial charge in [-0.15, -0.1) is 11.3 Å². The molecule has 2 aromatic rings. The number of hydrogen-bond donors (Lipinski definition) is 0. The monoisotopic (exact) mass is 341 g/mol. The van der Waals surface area contributed by atoms with E-state index < -0.39 is 0 Å². The van der Waals surface area contributed by atoms with E-state index in [2.05, 4.69) is 44.0 Å². The Bertz CT molecular complexity index is 768. The third-order valence-corrected chi connectivity index (χ3v) is 7.14. The first-order chi connectivity index (χ1) is 11.5. The summed E-state index contributed by atoms with van der Waals surface area (Å²) < 4.78 is 1.32. The number of rotatable bonds is 2. The minimum atomic E-state index is 0.244. The van der Waals surface area contributed by atoms with Gasteiger partial charge in [0, 0.05) is 17.7 Å². The van der Waals surface area contributed by atoms with Gasteiger partial charge in [0.2, 0.25) is 0 Å². The molecule has 2 aliphatic heterocycles. The number of aromatic nitrogens is 1. The maximum Gasteiger partial charge on any atom is 0.0998 e. The lowest BCUT2D eigenvalue weighted by molar-refractivity contribution is 0.200. The van der Waals surface area contributed by atoms with Crippen LogP contribution in [-0.2, 0) is 5.41 Å². The van der Waals surface area contributed by atoms with E-state index >= 15 is 0 Å². The van der Waals surface area contributed by atoms with Crippen LogP contribution < -0.4 is 0 Å². The molecular formula is C20H27N3S. The lowest BCUT2D eigenvalue weighted by Crippen LogP contribution is -2.38. The molecule has 0 saturated carbocycles. The zero-order valence-corrected chi connectivity index (χ0v) is 15.8. The van der Waals surface area contributed by atoms with E-state index in [1.165, 1.54) is 53.3 Å². The molecule has 1 fully saturated rings. The summed E-state index contributed by atoms with van der Waals surface area (Å²) >= 11 is 1.89. The minimum Gasteiger partial charge on any atom is -0.306 e. The van der Waals surface area contributed by atoms with Crippen LogP contribution in [-0.4, -0.2) is 42.3 Å². The van der Waals surface area contributed by atoms with Gasteiger partial charge >= 0.3 is 0 Å². The molecule has 0 amide bonds. The van der Waals surface area contributed by atoms with Gasteiger partial charge < -0.3 is 4.90 Å². The fourth-order valence-electron chi connectivity index (χ4n) is 3.75. The highest BCUT2D eigenvalue weighted by molar-refractivity contribution is 7.18. The standard InChI is InChI=1S/C20H27N3S/c1-14-4-6-16(21-13-14)15-5-7-18-17(12-15)22-19(24-18)20(2)8-10-23(3)11-9-20/h5,7,12,14H,4,6,8-11,13H2,1-3H3/t14-/m0/s1. The summed E-state index contributed by atoms with van der Waals surface area (Å²) in [6.07, 6.45) is 4.78. The topological polar surface area (TPSA) is 28.5 Å². The predicted molar refractivity (Wildman–Crippen MR) is 104 cm³/mol. The minimum absolute atomic E-state index is 0.244. The molecule has 0 radical (unpaired) electrons. The molecule has 4 rings (SSSR count). The van der Waals surface area contributed by atoms with Gasteiger partial charge in [0.25, 0.3) is 0 Å². The summed E-state index contributed by atoms with van der Waals surface area (Å²) in [6.45, 7) is 8.00. The van der Waals surface area contributed by atoms with Crippen LogP contribution in [0.2, 0.25) is 0 Å². The number of piperidine rings is 1. The van der Waals surface area contributed by atoms with Crippen LogP contribution in [0.1, 0.15) is 50.1 Å². The largest absolute Gasteiger partial charge is 0.306 e. The highest BCUT2D eigenvalue weighted by Gasteiger charge is 2.33. The fraction of sp³-hybridized carbons (Fsp3) is 0.600. The van der Waals surface area contributed by atoms with Crippen molar-refractivity contribution in [3.05, 3.63) is 28.8 Å². The number of aliphatic imine (C=N–C) groups is 1. The molecule has 2 aliphatic rings. The highest BCUT2D eigenvalue weighted by Crippen LogP contribution is 2.39. The van der Waals surface area contributed by atoms with Crippen molar-refractivity contribution in [1.82, 2.24) is 9.88 Å². The smallest absolute Gasteiger partial charge is 0.0998 e. The van der Waals surface area contributed by atoms with Gasteiger partial charge in [0.1, 0.15) is 0 Å². The first kappa shape index (κ1) is 16.2. The quantitative estimate of drug-likeness (QED) is 0.804. The van der Waals surface area contributed by atoms with Gasteiger partial charge in [0.05, 0.1) is 15.2 Å². The predicted octanol–water partition coefficient (Wildman–Crippen LogP) is 4.50. The Morgan fingerprint density at radius 2 is 2.04 bits per heavy atom. The Morgan fingerprint density at radius 1 is 1.25 bits per heavy atom. The van der Waals surface area contributed by atoms with Crippen molar-refractivity contribution < 1.29 is 0 Å². The van der Waals surface area contributed by atoms with Gasteiger partial charge in [-0.3, -0.25) is 4.99 Å². The fourth-order valence-corrected chi connectivity index (χ4v) is 4.89. The zero-order valence-electron chi connectivity index (χ0n) is 15.0. The molecule has 0 aliphatic carbocycles. The van der Waals surface area contributed by atoms with E-state index in [0.29, 0.717) is 0 Å². The number of likely N-dealkylation sites (tertiary alicyclic amines) is 1. The van der Waals surface area contributed by atoms with E-state index in [9.17, 15) is 0 Å². The molecule has 0 spiro atoms. The summed E-state index contributed by atoms with van der Waals surface area (Å²) in [4.78, 5) is 12.3. The van der Waals surface area contributed by atoms with Crippen molar-refractivity contribution in [3.8, 4) is 0 Å². The second-order valence-corrected chi connectivity index (χ2v) is 9.03. The van der Waals surface area contributed by atoms with Gasteiger partial charge in [-0.1, -0.05) is 19.9 Å². The molecule has 1 aromatic heterocycles. The van der Waals surface area contributed by atoms with Gasteiger partial charge in [-0.05, 0) is 69.4 Å². The number of benzene rings is 1. The normalized spacial score (nSPS) is 25.0. The van der Waals surface area contributed by atoms with Crippen LogP contribution in [0.5, 0.6) is 0 Å². The average Bonchev–Trinajstić information content (AvgIpc) is 3.02. The molecule has 3 nitrogen and oxygen atoms in total. The van der Waals surface area contributed by atoms with Crippen molar-refractivity contribution >= 4 is 27.3 Å². The lowest BCUT2D eigenvalue weighted by atomic mass is 9.81. The van der Waals surface area contributed by atoms with Crippen molar-refractivity contribution in [1.29, 1.82) is 0 Å². The summed E-state index contributed by atoms with van der Waals surface area (Å²) in [5, 5.41) is 1.32. The van der Waals surface area contributed by atoms with Crippen LogP contribution in [0.4, 0.5) is 0 Å². The van der Waals surface area contributed by atoms with Crippen LogP contribution in [0.15, 0.2) is 23.2 Å². The summed E-state index contributed by atoms with van der Waals surface area (Å²) in [6, 6.07) is 6.77. The van der Waals surface area contributed by atoms with Gasteiger partial charge in [-0.25, -0.2) is 4.98 Å². The number of nitrogens with zero attached hydrogens (tertiary/aromatic N) is 3. The third-order valence-electron chi connectivity index (χ3n) is 5.80. The molecule has 24 heavy (non-hydrogen) atoms. The molecule has 0 bridgehead atoms. The molecule has 4 heteroatoms. The molecular weight excluding hydrogens is 314 g/mol.